The molecule has 3 aromatic rings. The van der Waals surface area contributed by atoms with Gasteiger partial charge in [0.2, 0.25) is 5.95 Å². The van der Waals surface area contributed by atoms with Crippen molar-refractivity contribution < 1.29 is 0 Å². The topological polar surface area (TPSA) is 78.9 Å². The monoisotopic (exact) mass is 377 g/mol. The Kier molecular flexibility index (Phi) is 5.23. The van der Waals surface area contributed by atoms with Gasteiger partial charge >= 0.3 is 0 Å². The summed E-state index contributed by atoms with van der Waals surface area (Å²) in [7, 11) is 1.88. The molecular formula is C21H27N7. The lowest BCUT2D eigenvalue weighted by atomic mass is 9.99. The molecule has 7 nitrogen and oxygen atoms in total. The Labute approximate surface area is 165 Å². The van der Waals surface area contributed by atoms with Crippen molar-refractivity contribution in [2.45, 2.75) is 39.0 Å². The van der Waals surface area contributed by atoms with E-state index in [4.69, 9.17) is 4.98 Å². The normalized spacial score (nSPS) is 14.5. The highest BCUT2D eigenvalue weighted by Crippen LogP contribution is 2.30. The predicted octanol–water partition coefficient (Wildman–Crippen LogP) is 4.32. The summed E-state index contributed by atoms with van der Waals surface area (Å²) in [5.41, 5.74) is 1.20. The van der Waals surface area contributed by atoms with Crippen LogP contribution in [0.4, 0.5) is 23.4 Å². The van der Waals surface area contributed by atoms with Crippen molar-refractivity contribution in [1.29, 1.82) is 0 Å². The van der Waals surface area contributed by atoms with Gasteiger partial charge in [0.1, 0.15) is 17.5 Å². The van der Waals surface area contributed by atoms with Crippen LogP contribution in [0.5, 0.6) is 0 Å². The van der Waals surface area contributed by atoms with E-state index in [1.54, 1.807) is 0 Å². The second-order valence-electron chi connectivity index (χ2n) is 7.50. The fourth-order valence-electron chi connectivity index (χ4n) is 3.68. The number of rotatable bonds is 5. The number of anilines is 4. The van der Waals surface area contributed by atoms with Crippen LogP contribution in [0.15, 0.2) is 30.7 Å². The van der Waals surface area contributed by atoms with Crippen LogP contribution in [0.1, 0.15) is 44.6 Å². The molecule has 0 bridgehead atoms. The minimum Gasteiger partial charge on any atom is -0.373 e. The average Bonchev–Trinajstić information content (AvgIpc) is 2.73. The lowest BCUT2D eigenvalue weighted by Gasteiger charge is -2.26. The zero-order valence-electron chi connectivity index (χ0n) is 16.7. The van der Waals surface area contributed by atoms with Crippen molar-refractivity contribution in [3.05, 3.63) is 36.3 Å². The highest BCUT2D eigenvalue weighted by molar-refractivity contribution is 5.95. The summed E-state index contributed by atoms with van der Waals surface area (Å²) in [6, 6.07) is 3.96. The number of fused-ring (bicyclic) bond motifs is 1. The van der Waals surface area contributed by atoms with E-state index in [2.05, 4.69) is 50.4 Å². The maximum atomic E-state index is 4.70. The molecule has 0 radical (unpaired) electrons. The second-order valence-corrected chi connectivity index (χ2v) is 7.50. The highest BCUT2D eigenvalue weighted by Gasteiger charge is 2.15. The van der Waals surface area contributed by atoms with Gasteiger partial charge in [0.05, 0.1) is 0 Å². The smallest absolute Gasteiger partial charge is 0.227 e. The minimum absolute atomic E-state index is 0.376. The average molecular weight is 377 g/mol. The first-order valence-corrected chi connectivity index (χ1v) is 9.97. The summed E-state index contributed by atoms with van der Waals surface area (Å²) >= 11 is 0. The Morgan fingerprint density at radius 2 is 1.79 bits per heavy atom. The molecule has 0 amide bonds. The molecule has 4 rings (SSSR count). The molecule has 28 heavy (non-hydrogen) atoms. The van der Waals surface area contributed by atoms with Crippen molar-refractivity contribution in [3.63, 3.8) is 0 Å². The molecule has 7 heteroatoms. The summed E-state index contributed by atoms with van der Waals surface area (Å²) in [5, 5.41) is 8.68. The summed E-state index contributed by atoms with van der Waals surface area (Å²) < 4.78 is 0. The molecule has 1 aliphatic rings. The number of pyridine rings is 2. The minimum atomic E-state index is 0.376. The quantitative estimate of drug-likeness (QED) is 0.685. The number of hydrogen-bond donors (Lipinski definition) is 2. The zero-order valence-corrected chi connectivity index (χ0v) is 16.7. The van der Waals surface area contributed by atoms with Crippen molar-refractivity contribution in [3.8, 4) is 0 Å². The molecule has 1 aliphatic heterocycles. The van der Waals surface area contributed by atoms with Crippen LogP contribution in [0.3, 0.4) is 0 Å². The Morgan fingerprint density at radius 3 is 2.54 bits per heavy atom. The first-order chi connectivity index (χ1) is 13.7. The second kappa shape index (κ2) is 7.96. The number of nitrogens with one attached hydrogen (secondary N) is 2. The Morgan fingerprint density at radius 1 is 0.964 bits per heavy atom. The van der Waals surface area contributed by atoms with Crippen LogP contribution >= 0.6 is 0 Å². The first kappa shape index (κ1) is 18.4. The number of aromatic nitrogens is 4. The molecule has 0 aliphatic carbocycles. The van der Waals surface area contributed by atoms with E-state index in [0.717, 1.165) is 47.3 Å². The Balaban J connectivity index is 1.65. The molecule has 2 N–H and O–H groups in total. The van der Waals surface area contributed by atoms with Gasteiger partial charge in [0.15, 0.2) is 0 Å². The fraction of sp³-hybridized carbons (Fsp3) is 0.429. The summed E-state index contributed by atoms with van der Waals surface area (Å²) in [5.74, 6) is 3.53. The summed E-state index contributed by atoms with van der Waals surface area (Å²) in [4.78, 5) is 20.5. The van der Waals surface area contributed by atoms with E-state index >= 15 is 0 Å². The van der Waals surface area contributed by atoms with E-state index in [1.165, 1.54) is 24.8 Å². The van der Waals surface area contributed by atoms with Crippen LogP contribution in [0.25, 0.3) is 10.8 Å². The van der Waals surface area contributed by atoms with Gasteiger partial charge < -0.3 is 15.5 Å². The van der Waals surface area contributed by atoms with Gasteiger partial charge in [-0.1, -0.05) is 13.8 Å². The van der Waals surface area contributed by atoms with Crippen LogP contribution < -0.4 is 15.5 Å². The van der Waals surface area contributed by atoms with E-state index in [1.807, 2.05) is 31.7 Å². The third kappa shape index (κ3) is 3.69. The van der Waals surface area contributed by atoms with Crippen molar-refractivity contribution >= 4 is 34.2 Å². The van der Waals surface area contributed by atoms with Crippen LogP contribution in [-0.2, 0) is 0 Å². The van der Waals surface area contributed by atoms with E-state index in [9.17, 15) is 0 Å². The van der Waals surface area contributed by atoms with Gasteiger partial charge in [0.25, 0.3) is 0 Å². The van der Waals surface area contributed by atoms with Crippen molar-refractivity contribution in [1.82, 2.24) is 19.9 Å². The van der Waals surface area contributed by atoms with Crippen LogP contribution in [0.2, 0.25) is 0 Å². The Bertz CT molecular complexity index is 964. The predicted molar refractivity (Wildman–Crippen MR) is 115 cm³/mol. The van der Waals surface area contributed by atoms with Crippen molar-refractivity contribution in [2.24, 2.45) is 0 Å². The molecule has 1 saturated heterocycles. The molecule has 0 saturated carbocycles. The van der Waals surface area contributed by atoms with E-state index < -0.39 is 0 Å². The van der Waals surface area contributed by atoms with Gasteiger partial charge in [-0.25, -0.2) is 15.0 Å². The Hall–Kier alpha value is -2.96. The van der Waals surface area contributed by atoms with Crippen molar-refractivity contribution in [2.75, 3.05) is 35.7 Å². The van der Waals surface area contributed by atoms with E-state index in [-0.39, 0.29) is 0 Å². The number of nitrogens with zero attached hydrogens (tertiary/aromatic N) is 5. The van der Waals surface area contributed by atoms with E-state index in [0.29, 0.717) is 5.92 Å². The summed E-state index contributed by atoms with van der Waals surface area (Å²) in [6.45, 7) is 6.40. The molecule has 0 atom stereocenters. The lowest BCUT2D eigenvalue weighted by molar-refractivity contribution is 0.568. The third-order valence-electron chi connectivity index (χ3n) is 5.20. The largest absolute Gasteiger partial charge is 0.373 e. The molecule has 0 unspecified atom stereocenters. The van der Waals surface area contributed by atoms with Gasteiger partial charge in [-0.15, -0.1) is 0 Å². The van der Waals surface area contributed by atoms with Crippen LogP contribution in [-0.4, -0.2) is 40.1 Å². The van der Waals surface area contributed by atoms with Crippen LogP contribution in [0, 0.1) is 0 Å². The van der Waals surface area contributed by atoms with Gasteiger partial charge in [-0.05, 0) is 48.3 Å². The third-order valence-corrected chi connectivity index (χ3v) is 5.20. The summed E-state index contributed by atoms with van der Waals surface area (Å²) in [6.07, 6.45) is 9.32. The molecule has 0 aromatic carbocycles. The maximum Gasteiger partial charge on any atom is 0.227 e. The fourth-order valence-corrected chi connectivity index (χ4v) is 3.68. The first-order valence-electron chi connectivity index (χ1n) is 9.97. The molecule has 1 fully saturated rings. The molecular weight excluding hydrogens is 350 g/mol. The highest BCUT2D eigenvalue weighted by atomic mass is 15.3. The van der Waals surface area contributed by atoms with Gasteiger partial charge in [-0.2, -0.15) is 4.98 Å². The maximum absolute atomic E-state index is 4.70. The number of piperidine rings is 1. The number of hydrogen-bond acceptors (Lipinski definition) is 7. The van der Waals surface area contributed by atoms with Gasteiger partial charge in [0, 0.05) is 44.1 Å². The van der Waals surface area contributed by atoms with Gasteiger partial charge in [-0.3, -0.25) is 0 Å². The molecule has 4 heterocycles. The zero-order chi connectivity index (χ0) is 19.5. The lowest BCUT2D eigenvalue weighted by Crippen LogP contribution is -2.31. The molecule has 146 valence electrons. The SMILES string of the molecule is CNc1ncc(C(C)C)c2cc(Nc3ccnc(N4CCCCC4)n3)ncc12. The standard InChI is InChI=1S/C21H27N7/c1-14(2)16-12-25-20(22-3)17-13-24-19(11-15(16)17)26-18-7-8-23-21(27-18)28-9-5-4-6-10-28/h7-8,11-14H,4-6,9-10H2,1-3H3,(H,22,25)(H,23,24,26,27). The molecule has 3 aromatic heterocycles. The molecule has 0 spiro atoms.